The van der Waals surface area contributed by atoms with Crippen molar-refractivity contribution in [1.82, 2.24) is 4.40 Å². The molecule has 3 rings (SSSR count). The predicted molar refractivity (Wildman–Crippen MR) is 72.3 cm³/mol. The minimum Gasteiger partial charge on any atom is -0.316 e. The fourth-order valence-electron chi connectivity index (χ4n) is 2.27. The van der Waals surface area contributed by atoms with E-state index in [1.165, 1.54) is 27.9 Å². The van der Waals surface area contributed by atoms with Gasteiger partial charge in [-0.2, -0.15) is 0 Å². The molecule has 0 fully saturated rings. The molecule has 0 amide bonds. The highest BCUT2D eigenvalue weighted by Gasteiger charge is 2.06. The fraction of sp³-hybridized carbons (Fsp3) is 0.125. The van der Waals surface area contributed by atoms with Gasteiger partial charge in [0.1, 0.15) is 0 Å². The van der Waals surface area contributed by atoms with E-state index in [9.17, 15) is 0 Å². The smallest absolute Gasteiger partial charge is 0.0531 e. The number of aromatic nitrogens is 1. The van der Waals surface area contributed by atoms with Gasteiger partial charge in [-0.05, 0) is 43.2 Å². The van der Waals surface area contributed by atoms with Gasteiger partial charge in [0.2, 0.25) is 0 Å². The Morgan fingerprint density at radius 3 is 2.41 bits per heavy atom. The lowest BCUT2D eigenvalue weighted by Gasteiger charge is -2.03. The molecule has 1 nitrogen and oxygen atoms in total. The van der Waals surface area contributed by atoms with Gasteiger partial charge in [-0.25, -0.2) is 0 Å². The van der Waals surface area contributed by atoms with Crippen LogP contribution in [0.5, 0.6) is 0 Å². The van der Waals surface area contributed by atoms with Gasteiger partial charge < -0.3 is 4.40 Å². The number of fused-ring (bicyclic) bond motifs is 1. The summed E-state index contributed by atoms with van der Waals surface area (Å²) in [5, 5.41) is 0. The number of hydrogen-bond donors (Lipinski definition) is 0. The fourth-order valence-corrected chi connectivity index (χ4v) is 2.27. The van der Waals surface area contributed by atoms with Crippen molar-refractivity contribution < 1.29 is 0 Å². The van der Waals surface area contributed by atoms with Gasteiger partial charge in [0, 0.05) is 11.7 Å². The number of hydrogen-bond acceptors (Lipinski definition) is 0. The summed E-state index contributed by atoms with van der Waals surface area (Å²) in [4.78, 5) is 0. The van der Waals surface area contributed by atoms with Crippen molar-refractivity contribution in [3.8, 4) is 11.3 Å². The first kappa shape index (κ1) is 10.2. The van der Waals surface area contributed by atoms with Crippen LogP contribution in [0, 0.1) is 13.8 Å². The van der Waals surface area contributed by atoms with Crippen LogP contribution in [0.3, 0.4) is 0 Å². The Morgan fingerprint density at radius 2 is 1.65 bits per heavy atom. The third-order valence-electron chi connectivity index (χ3n) is 3.22. The minimum atomic E-state index is 1.26. The Kier molecular flexibility index (Phi) is 2.25. The van der Waals surface area contributed by atoms with Crippen molar-refractivity contribution in [2.75, 3.05) is 0 Å². The second-order valence-electron chi connectivity index (χ2n) is 4.53. The third kappa shape index (κ3) is 1.64. The normalized spacial score (nSPS) is 10.9. The quantitative estimate of drug-likeness (QED) is 0.579. The molecule has 3 aromatic rings. The molecule has 0 N–H and O–H groups in total. The average molecular weight is 221 g/mol. The molecule has 0 atom stereocenters. The second kappa shape index (κ2) is 3.77. The van der Waals surface area contributed by atoms with E-state index in [0.29, 0.717) is 0 Å². The summed E-state index contributed by atoms with van der Waals surface area (Å²) >= 11 is 0. The summed E-state index contributed by atoms with van der Waals surface area (Å²) in [5.74, 6) is 0. The van der Waals surface area contributed by atoms with Gasteiger partial charge in [0.05, 0.1) is 5.69 Å². The molecule has 0 bridgehead atoms. The van der Waals surface area contributed by atoms with Gasteiger partial charge in [-0.3, -0.25) is 0 Å². The van der Waals surface area contributed by atoms with Crippen LogP contribution in [-0.2, 0) is 0 Å². The van der Waals surface area contributed by atoms with E-state index in [1.54, 1.807) is 0 Å². The largest absolute Gasteiger partial charge is 0.316 e. The van der Waals surface area contributed by atoms with Crippen molar-refractivity contribution in [2.24, 2.45) is 0 Å². The molecular formula is C16H15N. The number of pyridine rings is 1. The van der Waals surface area contributed by atoms with E-state index in [-0.39, 0.29) is 0 Å². The monoisotopic (exact) mass is 221 g/mol. The molecule has 17 heavy (non-hydrogen) atoms. The Labute approximate surface area is 101 Å². The zero-order valence-electron chi connectivity index (χ0n) is 10.1. The lowest BCUT2D eigenvalue weighted by Crippen LogP contribution is -1.86. The van der Waals surface area contributed by atoms with Crippen LogP contribution in [0.15, 0.2) is 54.7 Å². The van der Waals surface area contributed by atoms with Crippen LogP contribution in [0.4, 0.5) is 0 Å². The molecule has 0 unspecified atom stereocenters. The lowest BCUT2D eigenvalue weighted by molar-refractivity contribution is 1.20. The van der Waals surface area contributed by atoms with Gasteiger partial charge in [0.15, 0.2) is 0 Å². The Morgan fingerprint density at radius 1 is 0.882 bits per heavy atom. The van der Waals surface area contributed by atoms with Gasteiger partial charge in [-0.15, -0.1) is 0 Å². The van der Waals surface area contributed by atoms with Crippen molar-refractivity contribution in [3.05, 3.63) is 65.9 Å². The zero-order valence-corrected chi connectivity index (χ0v) is 10.1. The predicted octanol–water partition coefficient (Wildman–Crippen LogP) is 4.22. The van der Waals surface area contributed by atoms with E-state index in [1.807, 2.05) is 0 Å². The molecule has 1 heteroatoms. The van der Waals surface area contributed by atoms with E-state index >= 15 is 0 Å². The van der Waals surface area contributed by atoms with E-state index in [2.05, 4.69) is 73.0 Å². The summed E-state index contributed by atoms with van der Waals surface area (Å²) in [5.41, 5.74) is 6.43. The van der Waals surface area contributed by atoms with Crippen LogP contribution in [0.2, 0.25) is 0 Å². The molecule has 2 heterocycles. The third-order valence-corrected chi connectivity index (χ3v) is 3.22. The number of aryl methyl sites for hydroxylation is 2. The summed E-state index contributed by atoms with van der Waals surface area (Å²) in [7, 11) is 0. The van der Waals surface area contributed by atoms with Gasteiger partial charge in [0.25, 0.3) is 0 Å². The number of benzene rings is 1. The number of nitrogens with zero attached hydrogens (tertiary/aromatic N) is 1. The van der Waals surface area contributed by atoms with E-state index < -0.39 is 0 Å². The van der Waals surface area contributed by atoms with E-state index in [4.69, 9.17) is 0 Å². The molecule has 0 aliphatic carbocycles. The highest BCUT2D eigenvalue weighted by molar-refractivity contribution is 5.70. The maximum absolute atomic E-state index is 2.25. The standard InChI is InChI=1S/C16H15N/c1-12-6-8-14(9-7-12)16-11-13(2)15-5-3-4-10-17(15)16/h3-11H,1-2H3. The summed E-state index contributed by atoms with van der Waals surface area (Å²) in [6, 6.07) is 17.3. The molecule has 0 saturated carbocycles. The molecule has 0 aliphatic rings. The minimum absolute atomic E-state index is 1.26. The molecule has 0 radical (unpaired) electrons. The Bertz CT molecular complexity index is 660. The SMILES string of the molecule is Cc1ccc(-c2cc(C)c3ccccn23)cc1. The maximum atomic E-state index is 2.25. The first-order valence-corrected chi connectivity index (χ1v) is 5.89. The molecule has 2 aromatic heterocycles. The molecule has 1 aromatic carbocycles. The van der Waals surface area contributed by atoms with Crippen LogP contribution in [-0.4, -0.2) is 4.40 Å². The molecule has 84 valence electrons. The van der Waals surface area contributed by atoms with Crippen molar-refractivity contribution in [2.45, 2.75) is 13.8 Å². The van der Waals surface area contributed by atoms with Gasteiger partial charge >= 0.3 is 0 Å². The van der Waals surface area contributed by atoms with Gasteiger partial charge in [-0.1, -0.05) is 35.9 Å². The summed E-state index contributed by atoms with van der Waals surface area (Å²) < 4.78 is 2.25. The maximum Gasteiger partial charge on any atom is 0.0531 e. The summed E-state index contributed by atoms with van der Waals surface area (Å²) in [6.07, 6.45) is 2.12. The van der Waals surface area contributed by atoms with Crippen LogP contribution in [0.1, 0.15) is 11.1 Å². The molecule has 0 saturated heterocycles. The van der Waals surface area contributed by atoms with Crippen LogP contribution < -0.4 is 0 Å². The molecular weight excluding hydrogens is 206 g/mol. The van der Waals surface area contributed by atoms with Crippen LogP contribution >= 0.6 is 0 Å². The topological polar surface area (TPSA) is 4.41 Å². The number of rotatable bonds is 1. The highest BCUT2D eigenvalue weighted by Crippen LogP contribution is 2.25. The zero-order chi connectivity index (χ0) is 11.8. The first-order chi connectivity index (χ1) is 8.25. The highest BCUT2D eigenvalue weighted by atomic mass is 14.9. The Balaban J connectivity index is 2.27. The van der Waals surface area contributed by atoms with Crippen molar-refractivity contribution in [3.63, 3.8) is 0 Å². The molecule has 0 aliphatic heterocycles. The van der Waals surface area contributed by atoms with E-state index in [0.717, 1.165) is 0 Å². The van der Waals surface area contributed by atoms with Crippen molar-refractivity contribution in [1.29, 1.82) is 0 Å². The first-order valence-electron chi connectivity index (χ1n) is 5.89. The Hall–Kier alpha value is -2.02. The summed E-state index contributed by atoms with van der Waals surface area (Å²) in [6.45, 7) is 4.28. The lowest BCUT2D eigenvalue weighted by atomic mass is 10.1. The average Bonchev–Trinajstić information content (AvgIpc) is 2.69. The van der Waals surface area contributed by atoms with Crippen LogP contribution in [0.25, 0.3) is 16.8 Å². The molecule has 0 spiro atoms. The second-order valence-corrected chi connectivity index (χ2v) is 4.53. The van der Waals surface area contributed by atoms with Crippen molar-refractivity contribution >= 4 is 5.52 Å².